The smallest absolute Gasteiger partial charge is 0.122 e. The Morgan fingerprint density at radius 2 is 2.00 bits per heavy atom. The highest BCUT2D eigenvalue weighted by atomic mass is 16.5. The highest BCUT2D eigenvalue weighted by Gasteiger charge is 2.20. The predicted octanol–water partition coefficient (Wildman–Crippen LogP) is 2.20. The summed E-state index contributed by atoms with van der Waals surface area (Å²) in [6.07, 6.45) is 3.53. The highest BCUT2D eigenvalue weighted by molar-refractivity contribution is 5.48. The van der Waals surface area contributed by atoms with Crippen molar-refractivity contribution >= 4 is 0 Å². The average molecular weight is 191 g/mol. The van der Waals surface area contributed by atoms with Crippen molar-refractivity contribution in [2.45, 2.75) is 32.2 Å². The first-order valence-electron chi connectivity index (χ1n) is 5.18. The van der Waals surface area contributed by atoms with E-state index >= 15 is 0 Å². The number of rotatable bonds is 2. The maximum atomic E-state index is 5.94. The third kappa shape index (κ3) is 1.40. The summed E-state index contributed by atoms with van der Waals surface area (Å²) in [5.41, 5.74) is 10.0. The molecule has 2 nitrogen and oxygen atoms in total. The summed E-state index contributed by atoms with van der Waals surface area (Å²) in [5, 5.41) is 0. The largest absolute Gasteiger partial charge is 0.496 e. The quantitative estimate of drug-likeness (QED) is 0.777. The summed E-state index contributed by atoms with van der Waals surface area (Å²) in [6, 6.07) is 4.28. The van der Waals surface area contributed by atoms with Gasteiger partial charge in [0.2, 0.25) is 0 Å². The highest BCUT2D eigenvalue weighted by Crippen LogP contribution is 2.34. The van der Waals surface area contributed by atoms with E-state index < -0.39 is 0 Å². The van der Waals surface area contributed by atoms with E-state index in [4.69, 9.17) is 10.5 Å². The van der Waals surface area contributed by atoms with Gasteiger partial charge in [-0.3, -0.25) is 0 Å². The second-order valence-corrected chi connectivity index (χ2v) is 3.96. The van der Waals surface area contributed by atoms with Crippen LogP contribution >= 0.6 is 0 Å². The lowest BCUT2D eigenvalue weighted by Gasteiger charge is -2.14. The molecule has 1 aromatic carbocycles. The fourth-order valence-corrected chi connectivity index (χ4v) is 2.32. The predicted molar refractivity (Wildman–Crippen MR) is 57.6 cm³/mol. The number of nitrogens with two attached hydrogens (primary N) is 1. The van der Waals surface area contributed by atoms with Gasteiger partial charge < -0.3 is 10.5 Å². The summed E-state index contributed by atoms with van der Waals surface area (Å²) in [4.78, 5) is 0. The van der Waals surface area contributed by atoms with Gasteiger partial charge in [-0.05, 0) is 48.9 Å². The van der Waals surface area contributed by atoms with Crippen LogP contribution in [0.15, 0.2) is 12.1 Å². The zero-order valence-electron chi connectivity index (χ0n) is 8.84. The lowest BCUT2D eigenvalue weighted by atomic mass is 9.98. The van der Waals surface area contributed by atoms with Crippen LogP contribution in [-0.2, 0) is 12.8 Å². The van der Waals surface area contributed by atoms with Gasteiger partial charge >= 0.3 is 0 Å². The Morgan fingerprint density at radius 1 is 1.29 bits per heavy atom. The molecule has 76 valence electrons. The molecule has 0 saturated carbocycles. The SMILES string of the molecule is COc1ccc([C@@H](C)N)c2c1CCC2. The van der Waals surface area contributed by atoms with Gasteiger partial charge in [-0.1, -0.05) is 6.07 Å². The number of methoxy groups -OCH3 is 1. The second kappa shape index (κ2) is 3.62. The van der Waals surface area contributed by atoms with Gasteiger partial charge in [0, 0.05) is 6.04 Å². The Bertz CT molecular complexity index is 344. The molecule has 0 aliphatic heterocycles. The molecule has 0 saturated heterocycles. The van der Waals surface area contributed by atoms with Crippen LogP contribution in [0.3, 0.4) is 0 Å². The first-order chi connectivity index (χ1) is 6.74. The minimum Gasteiger partial charge on any atom is -0.496 e. The maximum absolute atomic E-state index is 5.94. The van der Waals surface area contributed by atoms with Crippen LogP contribution in [0.2, 0.25) is 0 Å². The molecule has 0 bridgehead atoms. The van der Waals surface area contributed by atoms with Crippen LogP contribution < -0.4 is 10.5 Å². The van der Waals surface area contributed by atoms with E-state index in [0.29, 0.717) is 0 Å². The molecule has 0 spiro atoms. The van der Waals surface area contributed by atoms with Gasteiger partial charge in [-0.2, -0.15) is 0 Å². The molecule has 1 atom stereocenters. The van der Waals surface area contributed by atoms with Crippen LogP contribution in [0, 0.1) is 0 Å². The lowest BCUT2D eigenvalue weighted by molar-refractivity contribution is 0.410. The minimum atomic E-state index is 0.132. The molecular weight excluding hydrogens is 174 g/mol. The monoisotopic (exact) mass is 191 g/mol. The summed E-state index contributed by atoms with van der Waals surface area (Å²) in [6.45, 7) is 2.04. The Hall–Kier alpha value is -1.02. The molecule has 0 fully saturated rings. The van der Waals surface area contributed by atoms with Crippen molar-refractivity contribution in [3.05, 3.63) is 28.8 Å². The summed E-state index contributed by atoms with van der Waals surface area (Å²) < 4.78 is 5.35. The number of ether oxygens (including phenoxy) is 1. The fourth-order valence-electron chi connectivity index (χ4n) is 2.32. The zero-order valence-corrected chi connectivity index (χ0v) is 8.84. The van der Waals surface area contributed by atoms with E-state index in [2.05, 4.69) is 6.07 Å². The second-order valence-electron chi connectivity index (χ2n) is 3.96. The van der Waals surface area contributed by atoms with E-state index in [1.54, 1.807) is 7.11 Å². The van der Waals surface area contributed by atoms with E-state index in [-0.39, 0.29) is 6.04 Å². The first kappa shape index (κ1) is 9.53. The normalized spacial score (nSPS) is 16.5. The number of hydrogen-bond acceptors (Lipinski definition) is 2. The Kier molecular flexibility index (Phi) is 2.46. The molecule has 0 amide bonds. The van der Waals surface area contributed by atoms with Crippen molar-refractivity contribution in [3.63, 3.8) is 0 Å². The summed E-state index contributed by atoms with van der Waals surface area (Å²) >= 11 is 0. The van der Waals surface area contributed by atoms with Crippen LogP contribution in [0.4, 0.5) is 0 Å². The van der Waals surface area contributed by atoms with Gasteiger partial charge in [0.05, 0.1) is 7.11 Å². The van der Waals surface area contributed by atoms with Crippen molar-refractivity contribution in [1.29, 1.82) is 0 Å². The minimum absolute atomic E-state index is 0.132. The van der Waals surface area contributed by atoms with Crippen LogP contribution in [0.1, 0.15) is 36.1 Å². The number of fused-ring (bicyclic) bond motifs is 1. The Morgan fingerprint density at radius 3 is 2.64 bits per heavy atom. The molecule has 2 N–H and O–H groups in total. The molecule has 2 rings (SSSR count). The molecule has 0 heterocycles. The van der Waals surface area contributed by atoms with Crippen molar-refractivity contribution in [2.75, 3.05) is 7.11 Å². The van der Waals surface area contributed by atoms with Gasteiger partial charge in [-0.15, -0.1) is 0 Å². The molecule has 1 aliphatic carbocycles. The van der Waals surface area contributed by atoms with Crippen LogP contribution in [0.25, 0.3) is 0 Å². The lowest BCUT2D eigenvalue weighted by Crippen LogP contribution is -2.08. The van der Waals surface area contributed by atoms with E-state index in [9.17, 15) is 0 Å². The van der Waals surface area contributed by atoms with Gasteiger partial charge in [0.15, 0.2) is 0 Å². The van der Waals surface area contributed by atoms with E-state index in [1.807, 2.05) is 13.0 Å². The van der Waals surface area contributed by atoms with Crippen molar-refractivity contribution in [2.24, 2.45) is 5.73 Å². The van der Waals surface area contributed by atoms with Crippen molar-refractivity contribution < 1.29 is 4.74 Å². The molecule has 1 aliphatic rings. The molecule has 2 heteroatoms. The summed E-state index contributed by atoms with van der Waals surface area (Å²) in [7, 11) is 1.74. The van der Waals surface area contributed by atoms with Gasteiger partial charge in [0.25, 0.3) is 0 Å². The Labute approximate surface area is 85.1 Å². The molecule has 0 aromatic heterocycles. The van der Waals surface area contributed by atoms with E-state index in [0.717, 1.165) is 18.6 Å². The average Bonchev–Trinajstić information content (AvgIpc) is 2.64. The topological polar surface area (TPSA) is 35.2 Å². The van der Waals surface area contributed by atoms with E-state index in [1.165, 1.54) is 23.1 Å². The fraction of sp³-hybridized carbons (Fsp3) is 0.500. The van der Waals surface area contributed by atoms with Crippen molar-refractivity contribution in [1.82, 2.24) is 0 Å². The molecule has 1 aromatic rings. The number of hydrogen-bond donors (Lipinski definition) is 1. The zero-order chi connectivity index (χ0) is 10.1. The third-order valence-electron chi connectivity index (χ3n) is 2.99. The van der Waals surface area contributed by atoms with Crippen LogP contribution in [0.5, 0.6) is 5.75 Å². The maximum Gasteiger partial charge on any atom is 0.122 e. The van der Waals surface area contributed by atoms with Crippen LogP contribution in [-0.4, -0.2) is 7.11 Å². The van der Waals surface area contributed by atoms with Crippen molar-refractivity contribution in [3.8, 4) is 5.75 Å². The molecule has 14 heavy (non-hydrogen) atoms. The summed E-state index contributed by atoms with van der Waals surface area (Å²) in [5.74, 6) is 1.03. The Balaban J connectivity index is 2.53. The third-order valence-corrected chi connectivity index (χ3v) is 2.99. The molecular formula is C12H17NO. The standard InChI is InChI=1S/C12H17NO/c1-8(13)9-6-7-12(14-2)11-5-3-4-10(9)11/h6-8H,3-5,13H2,1-2H3/t8-/m1/s1. The van der Waals surface area contributed by atoms with Gasteiger partial charge in [-0.25, -0.2) is 0 Å². The molecule has 0 radical (unpaired) electrons. The van der Waals surface area contributed by atoms with Gasteiger partial charge in [0.1, 0.15) is 5.75 Å². The number of benzene rings is 1. The molecule has 0 unspecified atom stereocenters. The first-order valence-corrected chi connectivity index (χ1v) is 5.18.